The molecule has 0 saturated heterocycles. The maximum absolute atomic E-state index is 13.1. The Balaban J connectivity index is 5.46. The van der Waals surface area contributed by atoms with E-state index in [0.717, 1.165) is 212 Å². The van der Waals surface area contributed by atoms with Crippen molar-refractivity contribution in [3.05, 3.63) is 170 Å². The van der Waals surface area contributed by atoms with E-state index in [1.54, 1.807) is 0 Å². The van der Waals surface area contributed by atoms with Gasteiger partial charge in [0.2, 0.25) is 0 Å². The van der Waals surface area contributed by atoms with Crippen LogP contribution >= 0.6 is 15.6 Å². The first kappa shape index (κ1) is 100. The van der Waals surface area contributed by atoms with Gasteiger partial charge < -0.3 is 33.8 Å². The number of phosphoric ester groups is 2. The topological polar surface area (TPSA) is 237 Å². The van der Waals surface area contributed by atoms with Crippen molar-refractivity contribution in [3.8, 4) is 0 Å². The highest BCUT2D eigenvalue weighted by molar-refractivity contribution is 7.47. The second-order valence-electron chi connectivity index (χ2n) is 26.2. The lowest BCUT2D eigenvalue weighted by molar-refractivity contribution is -0.161. The molecule has 19 heteroatoms. The number of carbonyl (C=O) groups is 4. The molecule has 0 spiro atoms. The van der Waals surface area contributed by atoms with Crippen molar-refractivity contribution in [1.29, 1.82) is 0 Å². The Bertz CT molecular complexity index is 2680. The molecular weight excluding hydrogens is 1380 g/mol. The average Bonchev–Trinajstić information content (AvgIpc) is 0.902. The number of hydrogen-bond acceptors (Lipinski definition) is 15. The molecule has 0 fully saturated rings. The number of phosphoric acid groups is 2. The zero-order valence-corrected chi connectivity index (χ0v) is 67.6. The first-order valence-electron chi connectivity index (χ1n) is 40.4. The summed E-state index contributed by atoms with van der Waals surface area (Å²) >= 11 is 0. The summed E-state index contributed by atoms with van der Waals surface area (Å²) < 4.78 is 68.6. The minimum atomic E-state index is -5.00. The molecule has 0 radical (unpaired) electrons. The Morgan fingerprint density at radius 3 is 0.745 bits per heavy atom. The van der Waals surface area contributed by atoms with Crippen molar-refractivity contribution in [2.75, 3.05) is 39.6 Å². The van der Waals surface area contributed by atoms with Crippen LogP contribution in [0.2, 0.25) is 0 Å². The van der Waals surface area contributed by atoms with E-state index >= 15 is 0 Å². The SMILES string of the molecule is CC/C=C\C/C=C\C/C=C\C/C=C\C/C=C\CCCC(=O)OCC(COP(=O)(O)OCC(O)COP(=O)(O)OCC(COC(=O)CCCCCCCCC/C=C\C/C=C\C/C=C\CC)OC(=O)CCCCCCC/C=C\C/C=C\C/C=C\CC)OC(=O)CCCCCCCCC/C=C\C/C=C\C/C=C\CC. The maximum Gasteiger partial charge on any atom is 0.472 e. The summed E-state index contributed by atoms with van der Waals surface area (Å²) in [5.41, 5.74) is 0. The molecule has 0 rings (SSSR count). The van der Waals surface area contributed by atoms with Crippen molar-refractivity contribution in [2.24, 2.45) is 0 Å². The van der Waals surface area contributed by atoms with E-state index in [1.807, 2.05) is 12.2 Å². The van der Waals surface area contributed by atoms with Crippen LogP contribution in [0, 0.1) is 0 Å². The van der Waals surface area contributed by atoms with Gasteiger partial charge in [-0.3, -0.25) is 37.3 Å². The molecule has 106 heavy (non-hydrogen) atoms. The summed E-state index contributed by atoms with van der Waals surface area (Å²) in [7, 11) is -10.0. The van der Waals surface area contributed by atoms with Crippen LogP contribution in [-0.4, -0.2) is 96.7 Å². The molecular formula is C87H142O17P2. The number of hydrogen-bond donors (Lipinski definition) is 3. The molecule has 0 aromatic heterocycles. The number of carbonyl (C=O) groups excluding carboxylic acids is 4. The molecule has 5 unspecified atom stereocenters. The van der Waals surface area contributed by atoms with E-state index in [1.165, 1.54) is 0 Å². The molecule has 0 aromatic carbocycles. The van der Waals surface area contributed by atoms with Crippen LogP contribution in [0.5, 0.6) is 0 Å². The standard InChI is InChI=1S/C87H142O17P2/c1-5-9-13-17-21-25-29-33-37-40-44-47-51-55-59-63-67-71-84(89)97-77-82(103-86(91)73-69-65-61-57-53-49-43-36-32-28-24-20-16-12-8-4)79-101-105(93,94)99-75-81(88)76-100-106(95,96)102-80-83(104-87(92)74-70-66-62-58-54-50-46-42-39-35-31-27-23-19-15-11-7-3)78-98-85(90)72-68-64-60-56-52-48-45-41-38-34-30-26-22-18-14-10-6-2/h9-16,21-28,33-39,43,45,48,56,60,81-83,88H,5-8,17-20,29-32,40-42,44,46-47,49-55,57-59,61-80H2,1-4H3,(H,93,94)(H,95,96)/b13-9-,14-10-,15-11-,16-12-,25-21-,26-22-,27-23-,28-24-,37-33-,38-34-,39-35-,43-36-,48-45-,60-56-. The molecule has 3 N–H and O–H groups in total. The van der Waals surface area contributed by atoms with E-state index < -0.39 is 97.5 Å². The quantitative estimate of drug-likeness (QED) is 0.0169. The summed E-state index contributed by atoms with van der Waals surface area (Å²) in [6, 6.07) is 0. The maximum atomic E-state index is 13.1. The summed E-state index contributed by atoms with van der Waals surface area (Å²) in [5, 5.41) is 10.7. The highest BCUT2D eigenvalue weighted by Gasteiger charge is 2.30. The highest BCUT2D eigenvalue weighted by Crippen LogP contribution is 2.45. The van der Waals surface area contributed by atoms with Crippen LogP contribution in [0.3, 0.4) is 0 Å². The molecule has 0 heterocycles. The molecule has 602 valence electrons. The number of ether oxygens (including phenoxy) is 4. The summed E-state index contributed by atoms with van der Waals surface area (Å²) in [6.45, 7) is 4.32. The van der Waals surface area contributed by atoms with Crippen LogP contribution in [0.25, 0.3) is 0 Å². The predicted octanol–water partition coefficient (Wildman–Crippen LogP) is 23.8. The molecule has 0 bridgehead atoms. The Labute approximate surface area is 642 Å². The minimum absolute atomic E-state index is 0.0652. The number of rotatable bonds is 74. The lowest BCUT2D eigenvalue weighted by atomic mass is 10.1. The third kappa shape index (κ3) is 76.6. The van der Waals surface area contributed by atoms with Gasteiger partial charge >= 0.3 is 39.5 Å². The molecule has 0 amide bonds. The van der Waals surface area contributed by atoms with Crippen molar-refractivity contribution in [2.45, 2.75) is 316 Å². The highest BCUT2D eigenvalue weighted by atomic mass is 31.2. The van der Waals surface area contributed by atoms with E-state index in [-0.39, 0.29) is 25.7 Å². The third-order valence-electron chi connectivity index (χ3n) is 16.2. The largest absolute Gasteiger partial charge is 0.472 e. The average molecular weight is 1520 g/mol. The first-order chi connectivity index (χ1) is 51.7. The van der Waals surface area contributed by atoms with Crippen molar-refractivity contribution < 1.29 is 80.2 Å². The molecule has 0 aliphatic rings. The Kier molecular flexibility index (Phi) is 73.5. The zero-order valence-electron chi connectivity index (χ0n) is 65.8. The van der Waals surface area contributed by atoms with Crippen LogP contribution in [0.1, 0.15) is 297 Å². The summed E-state index contributed by atoms with van der Waals surface area (Å²) in [4.78, 5) is 73.1. The number of aliphatic hydroxyl groups is 1. The van der Waals surface area contributed by atoms with E-state index in [2.05, 4.69) is 186 Å². The molecule has 17 nitrogen and oxygen atoms in total. The number of allylic oxidation sites excluding steroid dienone is 28. The summed E-state index contributed by atoms with van der Waals surface area (Å²) in [6.07, 6.45) is 91.9. The number of aliphatic hydroxyl groups excluding tert-OH is 1. The van der Waals surface area contributed by atoms with Gasteiger partial charge in [0.15, 0.2) is 12.2 Å². The van der Waals surface area contributed by atoms with Crippen molar-refractivity contribution >= 4 is 39.5 Å². The lowest BCUT2D eigenvalue weighted by Crippen LogP contribution is -2.30. The fourth-order valence-electron chi connectivity index (χ4n) is 10.2. The molecule has 0 aliphatic carbocycles. The monoisotopic (exact) mass is 1520 g/mol. The van der Waals surface area contributed by atoms with E-state index in [4.69, 9.17) is 37.0 Å². The fraction of sp³-hybridized carbons (Fsp3) is 0.632. The Morgan fingerprint density at radius 2 is 0.472 bits per heavy atom. The Morgan fingerprint density at radius 1 is 0.264 bits per heavy atom. The second kappa shape index (κ2) is 77.6. The third-order valence-corrected chi connectivity index (χ3v) is 18.1. The van der Waals surface area contributed by atoms with Gasteiger partial charge in [0.1, 0.15) is 19.3 Å². The normalized spacial score (nSPS) is 14.7. The van der Waals surface area contributed by atoms with Crippen molar-refractivity contribution in [1.82, 2.24) is 0 Å². The van der Waals surface area contributed by atoms with E-state index in [9.17, 15) is 43.2 Å². The molecule has 0 aliphatic heterocycles. The second-order valence-corrected chi connectivity index (χ2v) is 29.1. The van der Waals surface area contributed by atoms with Gasteiger partial charge in [0, 0.05) is 25.7 Å². The lowest BCUT2D eigenvalue weighted by Gasteiger charge is -2.21. The minimum Gasteiger partial charge on any atom is -0.462 e. The van der Waals surface area contributed by atoms with Crippen LogP contribution in [0.15, 0.2) is 170 Å². The number of unbranched alkanes of at least 4 members (excludes halogenated alkanes) is 20. The van der Waals surface area contributed by atoms with Gasteiger partial charge in [-0.05, 0) is 161 Å². The van der Waals surface area contributed by atoms with E-state index in [0.29, 0.717) is 32.1 Å². The summed E-state index contributed by atoms with van der Waals surface area (Å²) in [5.74, 6) is -2.29. The van der Waals surface area contributed by atoms with Gasteiger partial charge in [0.25, 0.3) is 0 Å². The fourth-order valence-corrected chi connectivity index (χ4v) is 11.8. The van der Waals surface area contributed by atoms with Crippen LogP contribution < -0.4 is 0 Å². The molecule has 5 atom stereocenters. The van der Waals surface area contributed by atoms with Gasteiger partial charge in [-0.15, -0.1) is 0 Å². The molecule has 0 saturated carbocycles. The van der Waals surface area contributed by atoms with Gasteiger partial charge in [-0.25, -0.2) is 9.13 Å². The van der Waals surface area contributed by atoms with Crippen LogP contribution in [0.4, 0.5) is 0 Å². The Hall–Kier alpha value is -5.58. The number of esters is 4. The van der Waals surface area contributed by atoms with Gasteiger partial charge in [-0.2, -0.15) is 0 Å². The smallest absolute Gasteiger partial charge is 0.462 e. The first-order valence-corrected chi connectivity index (χ1v) is 43.4. The van der Waals surface area contributed by atoms with Crippen LogP contribution in [-0.2, 0) is 65.4 Å². The van der Waals surface area contributed by atoms with Gasteiger partial charge in [-0.1, -0.05) is 281 Å². The van der Waals surface area contributed by atoms with Crippen molar-refractivity contribution in [3.63, 3.8) is 0 Å². The predicted molar refractivity (Wildman–Crippen MR) is 436 cm³/mol. The molecule has 0 aromatic rings. The van der Waals surface area contributed by atoms with Gasteiger partial charge in [0.05, 0.1) is 26.4 Å². The zero-order chi connectivity index (χ0) is 77.4.